The molecule has 0 radical (unpaired) electrons. The van der Waals surface area contributed by atoms with Crippen LogP contribution in [0.2, 0.25) is 0 Å². The molecule has 0 saturated carbocycles. The van der Waals surface area contributed by atoms with Gasteiger partial charge in [0.1, 0.15) is 5.69 Å². The third kappa shape index (κ3) is 2.87. The van der Waals surface area contributed by atoms with E-state index in [-0.39, 0.29) is 0 Å². The number of nitrogens with zero attached hydrogens (tertiary/aromatic N) is 3. The Hall–Kier alpha value is -2.23. The zero-order valence-electron chi connectivity index (χ0n) is 9.67. The number of pyridine rings is 1. The topological polar surface area (TPSA) is 63.6 Å². The Balaban J connectivity index is 2.22. The van der Waals surface area contributed by atoms with E-state index in [2.05, 4.69) is 15.2 Å². The minimum atomic E-state index is 0.420. The Morgan fingerprint density at radius 3 is 2.47 bits per heavy atom. The molecule has 1 aromatic carbocycles. The highest BCUT2D eigenvalue weighted by Gasteiger charge is 2.00. The van der Waals surface area contributed by atoms with Crippen LogP contribution in [-0.4, -0.2) is 4.98 Å². The molecule has 0 saturated heterocycles. The van der Waals surface area contributed by atoms with E-state index in [1.54, 1.807) is 0 Å². The molecule has 0 aliphatic rings. The van der Waals surface area contributed by atoms with Crippen molar-refractivity contribution in [1.82, 2.24) is 4.98 Å². The van der Waals surface area contributed by atoms with Gasteiger partial charge in [0.15, 0.2) is 5.82 Å². The fourth-order valence-corrected chi connectivity index (χ4v) is 1.40. The molecule has 4 heteroatoms. The molecule has 0 fully saturated rings. The van der Waals surface area contributed by atoms with Gasteiger partial charge in [0.25, 0.3) is 0 Å². The number of aromatic nitrogens is 1. The Labute approximate surface area is 100 Å². The molecule has 0 amide bonds. The summed E-state index contributed by atoms with van der Waals surface area (Å²) in [6.45, 7) is 2.03. The largest absolute Gasteiger partial charge is 0.382 e. The number of benzene rings is 1. The van der Waals surface area contributed by atoms with Gasteiger partial charge >= 0.3 is 0 Å². The summed E-state index contributed by atoms with van der Waals surface area (Å²) in [6.07, 6.45) is 0.861. The van der Waals surface area contributed by atoms with Crippen LogP contribution in [0.3, 0.4) is 0 Å². The van der Waals surface area contributed by atoms with Crippen molar-refractivity contribution in [2.24, 2.45) is 10.2 Å². The first-order valence-corrected chi connectivity index (χ1v) is 5.52. The lowest BCUT2D eigenvalue weighted by molar-refractivity contribution is 1.04. The van der Waals surface area contributed by atoms with Crippen LogP contribution in [0.15, 0.2) is 52.7 Å². The van der Waals surface area contributed by atoms with Crippen LogP contribution in [0.4, 0.5) is 17.2 Å². The molecule has 2 rings (SSSR count). The van der Waals surface area contributed by atoms with E-state index in [0.29, 0.717) is 11.5 Å². The Morgan fingerprint density at radius 1 is 1.06 bits per heavy atom. The monoisotopic (exact) mass is 226 g/mol. The van der Waals surface area contributed by atoms with E-state index in [4.69, 9.17) is 5.73 Å². The van der Waals surface area contributed by atoms with Gasteiger partial charge in [0.05, 0.1) is 5.69 Å². The second-order valence-electron chi connectivity index (χ2n) is 3.60. The fourth-order valence-electron chi connectivity index (χ4n) is 1.40. The molecular formula is C13H14N4. The van der Waals surface area contributed by atoms with Crippen LogP contribution < -0.4 is 5.73 Å². The summed E-state index contributed by atoms with van der Waals surface area (Å²) in [4.78, 5) is 4.23. The molecule has 2 aromatic rings. The predicted octanol–water partition coefficient (Wildman–Crippen LogP) is 3.64. The molecule has 0 aliphatic carbocycles. The van der Waals surface area contributed by atoms with E-state index in [9.17, 15) is 0 Å². The minimum absolute atomic E-state index is 0.420. The number of nitrogen functional groups attached to an aromatic ring is 1. The highest BCUT2D eigenvalue weighted by Crippen LogP contribution is 2.22. The first kappa shape index (κ1) is 11.3. The normalized spacial score (nSPS) is 10.9. The van der Waals surface area contributed by atoms with Gasteiger partial charge in [-0.2, -0.15) is 5.11 Å². The second kappa shape index (κ2) is 5.21. The van der Waals surface area contributed by atoms with E-state index in [0.717, 1.165) is 17.8 Å². The zero-order chi connectivity index (χ0) is 12.1. The summed E-state index contributed by atoms with van der Waals surface area (Å²) in [5.41, 5.74) is 8.16. The van der Waals surface area contributed by atoms with Gasteiger partial charge in [-0.05, 0) is 30.7 Å². The van der Waals surface area contributed by atoms with Crippen molar-refractivity contribution in [1.29, 1.82) is 0 Å². The van der Waals surface area contributed by atoms with Crippen LogP contribution in [0.5, 0.6) is 0 Å². The van der Waals surface area contributed by atoms with E-state index >= 15 is 0 Å². The number of rotatable bonds is 3. The second-order valence-corrected chi connectivity index (χ2v) is 3.60. The summed E-state index contributed by atoms with van der Waals surface area (Å²) in [5.74, 6) is 0.420. The molecule has 4 nitrogen and oxygen atoms in total. The molecule has 0 aliphatic heterocycles. The smallest absolute Gasteiger partial charge is 0.151 e. The van der Waals surface area contributed by atoms with Crippen molar-refractivity contribution < 1.29 is 0 Å². The molecule has 0 atom stereocenters. The van der Waals surface area contributed by atoms with Gasteiger partial charge in [-0.3, -0.25) is 0 Å². The summed E-state index contributed by atoms with van der Waals surface area (Å²) in [7, 11) is 0. The summed E-state index contributed by atoms with van der Waals surface area (Å²) in [6, 6.07) is 13.3. The summed E-state index contributed by atoms with van der Waals surface area (Å²) < 4.78 is 0. The van der Waals surface area contributed by atoms with Crippen LogP contribution in [-0.2, 0) is 6.42 Å². The highest BCUT2D eigenvalue weighted by molar-refractivity contribution is 5.57. The Bertz CT molecular complexity index is 520. The number of hydrogen-bond donors (Lipinski definition) is 1. The zero-order valence-corrected chi connectivity index (χ0v) is 9.67. The molecule has 1 aromatic heterocycles. The van der Waals surface area contributed by atoms with Gasteiger partial charge in [-0.25, -0.2) is 4.98 Å². The SMILES string of the molecule is CCc1ccc(N=Nc2ccccc2)c(N)n1. The van der Waals surface area contributed by atoms with Crippen molar-refractivity contribution in [2.75, 3.05) is 5.73 Å². The number of azo groups is 1. The van der Waals surface area contributed by atoms with Crippen LogP contribution in [0, 0.1) is 0 Å². The number of aryl methyl sites for hydroxylation is 1. The van der Waals surface area contributed by atoms with Crippen molar-refractivity contribution >= 4 is 17.2 Å². The standard InChI is InChI=1S/C13H14N4/c1-2-10-8-9-12(13(14)15-10)17-16-11-6-4-3-5-7-11/h3-9H,2H2,1H3,(H2,14,15). The number of anilines is 1. The molecule has 2 N–H and O–H groups in total. The molecule has 86 valence electrons. The molecule has 0 unspecified atom stereocenters. The maximum atomic E-state index is 5.80. The quantitative estimate of drug-likeness (QED) is 0.812. The predicted molar refractivity (Wildman–Crippen MR) is 68.6 cm³/mol. The number of hydrogen-bond acceptors (Lipinski definition) is 4. The summed E-state index contributed by atoms with van der Waals surface area (Å²) in [5, 5.41) is 8.19. The molecular weight excluding hydrogens is 212 g/mol. The van der Waals surface area contributed by atoms with E-state index in [1.807, 2.05) is 49.4 Å². The Kier molecular flexibility index (Phi) is 3.45. The molecule has 0 spiro atoms. The summed E-state index contributed by atoms with van der Waals surface area (Å²) >= 11 is 0. The van der Waals surface area contributed by atoms with Gasteiger partial charge < -0.3 is 5.73 Å². The molecule has 0 bridgehead atoms. The highest BCUT2D eigenvalue weighted by atomic mass is 15.1. The van der Waals surface area contributed by atoms with Crippen molar-refractivity contribution in [3.63, 3.8) is 0 Å². The maximum Gasteiger partial charge on any atom is 0.151 e. The third-order valence-corrected chi connectivity index (χ3v) is 2.35. The van der Waals surface area contributed by atoms with Crippen molar-refractivity contribution in [2.45, 2.75) is 13.3 Å². The average molecular weight is 226 g/mol. The Morgan fingerprint density at radius 2 is 1.82 bits per heavy atom. The van der Waals surface area contributed by atoms with Crippen LogP contribution >= 0.6 is 0 Å². The van der Waals surface area contributed by atoms with Gasteiger partial charge in [-0.15, -0.1) is 5.11 Å². The lowest BCUT2D eigenvalue weighted by atomic mass is 10.3. The lowest BCUT2D eigenvalue weighted by Crippen LogP contribution is -1.94. The maximum absolute atomic E-state index is 5.80. The van der Waals surface area contributed by atoms with E-state index < -0.39 is 0 Å². The van der Waals surface area contributed by atoms with Gasteiger partial charge in [-0.1, -0.05) is 25.1 Å². The molecule has 1 heterocycles. The first-order chi connectivity index (χ1) is 8.29. The van der Waals surface area contributed by atoms with Crippen molar-refractivity contribution in [3.05, 3.63) is 48.2 Å². The van der Waals surface area contributed by atoms with E-state index in [1.165, 1.54) is 0 Å². The fraction of sp³-hybridized carbons (Fsp3) is 0.154. The van der Waals surface area contributed by atoms with Gasteiger partial charge in [0.2, 0.25) is 0 Å². The average Bonchev–Trinajstić information content (AvgIpc) is 2.38. The van der Waals surface area contributed by atoms with Crippen LogP contribution in [0.25, 0.3) is 0 Å². The molecule has 17 heavy (non-hydrogen) atoms. The van der Waals surface area contributed by atoms with Gasteiger partial charge in [0, 0.05) is 5.69 Å². The minimum Gasteiger partial charge on any atom is -0.382 e. The lowest BCUT2D eigenvalue weighted by Gasteiger charge is -2.00. The van der Waals surface area contributed by atoms with Crippen LogP contribution in [0.1, 0.15) is 12.6 Å². The number of nitrogens with two attached hydrogens (primary N) is 1. The first-order valence-electron chi connectivity index (χ1n) is 5.52. The third-order valence-electron chi connectivity index (χ3n) is 2.35. The van der Waals surface area contributed by atoms with Crippen molar-refractivity contribution in [3.8, 4) is 0 Å².